The Labute approximate surface area is 144 Å². The van der Waals surface area contributed by atoms with Gasteiger partial charge in [0.1, 0.15) is 12.1 Å². The van der Waals surface area contributed by atoms with Gasteiger partial charge < -0.3 is 5.32 Å². The predicted octanol–water partition coefficient (Wildman–Crippen LogP) is 2.56. The van der Waals surface area contributed by atoms with Gasteiger partial charge in [0.15, 0.2) is 0 Å². The maximum atomic E-state index is 13.0. The van der Waals surface area contributed by atoms with Crippen LogP contribution in [0.5, 0.6) is 0 Å². The Morgan fingerprint density at radius 1 is 1.20 bits per heavy atom. The molecule has 2 aromatic heterocycles. The third kappa shape index (κ3) is 3.55. The molecule has 1 N–H and O–H groups in total. The molecule has 6 nitrogen and oxygen atoms in total. The molecule has 0 spiro atoms. The summed E-state index contributed by atoms with van der Waals surface area (Å²) in [5.74, 6) is -0.488. The minimum Gasteiger partial charge on any atom is -0.346 e. The van der Waals surface area contributed by atoms with Crippen molar-refractivity contribution in [1.29, 1.82) is 0 Å². The molecular formula is C18H18FN5O. The van der Waals surface area contributed by atoms with Crippen molar-refractivity contribution in [1.82, 2.24) is 25.1 Å². The number of hydrogen-bond donors (Lipinski definition) is 1. The lowest BCUT2D eigenvalue weighted by molar-refractivity contribution is 0.0949. The summed E-state index contributed by atoms with van der Waals surface area (Å²) in [5, 5.41) is 7.10. The third-order valence-electron chi connectivity index (χ3n) is 4.03. The number of aromatic nitrogens is 4. The number of carbonyl (C=O) groups excluding carboxylic acids is 1. The first-order valence-corrected chi connectivity index (χ1v) is 7.81. The Morgan fingerprint density at radius 2 is 1.92 bits per heavy atom. The first-order chi connectivity index (χ1) is 12.0. The molecule has 0 radical (unpaired) electrons. The van der Waals surface area contributed by atoms with Crippen molar-refractivity contribution in [2.45, 2.75) is 20.4 Å². The number of benzene rings is 1. The average molecular weight is 339 g/mol. The zero-order chi connectivity index (χ0) is 18.0. The molecule has 0 aliphatic heterocycles. The molecule has 1 aromatic carbocycles. The number of nitrogens with one attached hydrogen (secondary N) is 1. The van der Waals surface area contributed by atoms with Gasteiger partial charge in [0, 0.05) is 18.3 Å². The van der Waals surface area contributed by atoms with Crippen LogP contribution in [0, 0.1) is 19.7 Å². The van der Waals surface area contributed by atoms with Gasteiger partial charge in [-0.05, 0) is 44.2 Å². The van der Waals surface area contributed by atoms with E-state index < -0.39 is 0 Å². The van der Waals surface area contributed by atoms with E-state index in [-0.39, 0.29) is 18.3 Å². The molecule has 0 unspecified atom stereocenters. The third-order valence-corrected chi connectivity index (χ3v) is 4.03. The van der Waals surface area contributed by atoms with Crippen molar-refractivity contribution in [3.8, 4) is 11.3 Å². The van der Waals surface area contributed by atoms with Crippen LogP contribution in [-0.4, -0.2) is 25.7 Å². The minimum atomic E-state index is -0.299. The summed E-state index contributed by atoms with van der Waals surface area (Å²) in [6.07, 6.45) is 1.43. The van der Waals surface area contributed by atoms with Crippen molar-refractivity contribution in [2.75, 3.05) is 0 Å². The number of aryl methyl sites for hydroxylation is 2. The van der Waals surface area contributed by atoms with Gasteiger partial charge in [-0.25, -0.2) is 14.4 Å². The van der Waals surface area contributed by atoms with Crippen LogP contribution in [0.4, 0.5) is 4.39 Å². The number of carbonyl (C=O) groups is 1. The first kappa shape index (κ1) is 16.8. The molecule has 0 saturated carbocycles. The van der Waals surface area contributed by atoms with Crippen LogP contribution in [0.3, 0.4) is 0 Å². The van der Waals surface area contributed by atoms with E-state index in [2.05, 4.69) is 20.4 Å². The molecule has 1 amide bonds. The van der Waals surface area contributed by atoms with Crippen molar-refractivity contribution >= 4 is 5.91 Å². The van der Waals surface area contributed by atoms with E-state index in [0.717, 1.165) is 11.3 Å². The minimum absolute atomic E-state index is 0.190. The Morgan fingerprint density at radius 3 is 2.56 bits per heavy atom. The van der Waals surface area contributed by atoms with Gasteiger partial charge in [-0.2, -0.15) is 5.10 Å². The smallest absolute Gasteiger partial charge is 0.255 e. The number of amides is 1. The maximum absolute atomic E-state index is 13.0. The highest BCUT2D eigenvalue weighted by atomic mass is 19.1. The molecule has 0 aliphatic carbocycles. The number of halogens is 1. The van der Waals surface area contributed by atoms with Crippen LogP contribution < -0.4 is 5.32 Å². The van der Waals surface area contributed by atoms with E-state index in [1.165, 1.54) is 18.5 Å². The van der Waals surface area contributed by atoms with E-state index in [1.807, 2.05) is 6.92 Å². The summed E-state index contributed by atoms with van der Waals surface area (Å²) in [6, 6.07) is 7.85. The lowest BCUT2D eigenvalue weighted by Crippen LogP contribution is -2.24. The van der Waals surface area contributed by atoms with Crippen molar-refractivity contribution in [2.24, 2.45) is 7.05 Å². The van der Waals surface area contributed by atoms with E-state index >= 15 is 0 Å². The standard InChI is InChI=1S/C18H18FN5O/c1-11-17(12(2)24(3)23-11)18(25)20-9-15-8-16(22-10-21-15)13-4-6-14(19)7-5-13/h4-8,10H,9H2,1-3H3,(H,20,25). The van der Waals surface area contributed by atoms with Gasteiger partial charge in [0.2, 0.25) is 0 Å². The first-order valence-electron chi connectivity index (χ1n) is 7.81. The normalized spacial score (nSPS) is 10.7. The average Bonchev–Trinajstić information content (AvgIpc) is 2.86. The molecular weight excluding hydrogens is 321 g/mol. The van der Waals surface area contributed by atoms with Crippen LogP contribution in [0.15, 0.2) is 36.7 Å². The van der Waals surface area contributed by atoms with Crippen molar-refractivity contribution in [3.05, 3.63) is 65.1 Å². The fraction of sp³-hybridized carbons (Fsp3) is 0.222. The second kappa shape index (κ2) is 6.80. The summed E-state index contributed by atoms with van der Waals surface area (Å²) in [5.41, 5.74) is 4.21. The van der Waals surface area contributed by atoms with Crippen LogP contribution in [-0.2, 0) is 13.6 Å². The van der Waals surface area contributed by atoms with Gasteiger partial charge in [-0.1, -0.05) is 0 Å². The van der Waals surface area contributed by atoms with Gasteiger partial charge in [-0.3, -0.25) is 9.48 Å². The Kier molecular flexibility index (Phi) is 4.56. The van der Waals surface area contributed by atoms with Crippen molar-refractivity contribution in [3.63, 3.8) is 0 Å². The predicted molar refractivity (Wildman–Crippen MR) is 91.3 cm³/mol. The summed E-state index contributed by atoms with van der Waals surface area (Å²) < 4.78 is 14.7. The zero-order valence-electron chi connectivity index (χ0n) is 14.2. The molecule has 0 fully saturated rings. The van der Waals surface area contributed by atoms with Gasteiger partial charge in [-0.15, -0.1) is 0 Å². The Balaban J connectivity index is 1.74. The largest absolute Gasteiger partial charge is 0.346 e. The SMILES string of the molecule is Cc1nn(C)c(C)c1C(=O)NCc1cc(-c2ccc(F)cc2)ncn1. The molecule has 25 heavy (non-hydrogen) atoms. The quantitative estimate of drug-likeness (QED) is 0.793. The van der Waals surface area contributed by atoms with Crippen LogP contribution in [0.2, 0.25) is 0 Å². The summed E-state index contributed by atoms with van der Waals surface area (Å²) >= 11 is 0. The molecule has 0 saturated heterocycles. The van der Waals surface area contributed by atoms with Gasteiger partial charge >= 0.3 is 0 Å². The number of nitrogens with zero attached hydrogens (tertiary/aromatic N) is 4. The van der Waals surface area contributed by atoms with Gasteiger partial charge in [0.25, 0.3) is 5.91 Å². The molecule has 7 heteroatoms. The lowest BCUT2D eigenvalue weighted by atomic mass is 10.1. The summed E-state index contributed by atoms with van der Waals surface area (Å²) in [4.78, 5) is 20.8. The molecule has 0 atom stereocenters. The fourth-order valence-corrected chi connectivity index (χ4v) is 2.63. The summed E-state index contributed by atoms with van der Waals surface area (Å²) in [7, 11) is 1.80. The highest BCUT2D eigenvalue weighted by Gasteiger charge is 2.17. The van der Waals surface area contributed by atoms with Crippen LogP contribution >= 0.6 is 0 Å². The maximum Gasteiger partial charge on any atom is 0.255 e. The van der Waals surface area contributed by atoms with E-state index in [9.17, 15) is 9.18 Å². The van der Waals surface area contributed by atoms with E-state index in [1.54, 1.807) is 36.9 Å². The summed E-state index contributed by atoms with van der Waals surface area (Å²) in [6.45, 7) is 3.93. The highest BCUT2D eigenvalue weighted by Crippen LogP contribution is 2.17. The molecule has 2 heterocycles. The number of rotatable bonds is 4. The van der Waals surface area contributed by atoms with Gasteiger partial charge in [0.05, 0.1) is 29.2 Å². The van der Waals surface area contributed by atoms with Crippen molar-refractivity contribution < 1.29 is 9.18 Å². The molecule has 0 bridgehead atoms. The number of hydrogen-bond acceptors (Lipinski definition) is 4. The second-order valence-corrected chi connectivity index (χ2v) is 5.75. The topological polar surface area (TPSA) is 72.7 Å². The monoisotopic (exact) mass is 339 g/mol. The zero-order valence-corrected chi connectivity index (χ0v) is 14.2. The Hall–Kier alpha value is -3.09. The fourth-order valence-electron chi connectivity index (χ4n) is 2.63. The van der Waals surface area contributed by atoms with E-state index in [4.69, 9.17) is 0 Å². The molecule has 0 aliphatic rings. The Bertz CT molecular complexity index is 918. The molecule has 3 rings (SSSR count). The van der Waals surface area contributed by atoms with Crippen LogP contribution in [0.25, 0.3) is 11.3 Å². The lowest BCUT2D eigenvalue weighted by Gasteiger charge is -2.07. The van der Waals surface area contributed by atoms with E-state index in [0.29, 0.717) is 22.6 Å². The van der Waals surface area contributed by atoms with Crippen LogP contribution in [0.1, 0.15) is 27.4 Å². The highest BCUT2D eigenvalue weighted by molar-refractivity contribution is 5.96. The molecule has 128 valence electrons. The molecule has 3 aromatic rings. The second-order valence-electron chi connectivity index (χ2n) is 5.75.